The van der Waals surface area contributed by atoms with Gasteiger partial charge in [0.05, 0.1) is 5.39 Å². The van der Waals surface area contributed by atoms with Crippen LogP contribution >= 0.6 is 0 Å². The zero-order chi connectivity index (χ0) is 19.2. The first-order valence-electron chi connectivity index (χ1n) is 8.37. The second-order valence-electron chi connectivity index (χ2n) is 5.67. The molecule has 0 unspecified atom stereocenters. The Labute approximate surface area is 154 Å². The molecule has 0 saturated heterocycles. The summed E-state index contributed by atoms with van der Waals surface area (Å²) < 4.78 is 5.36. The lowest BCUT2D eigenvalue weighted by Crippen LogP contribution is -2.28. The molecule has 1 aromatic heterocycles. The number of fused-ring (bicyclic) bond motifs is 1. The number of carbonyl (C=O) groups excluding carboxylic acids is 2. The average molecular weight is 366 g/mol. The first kappa shape index (κ1) is 18.1. The molecule has 3 rings (SSSR count). The SMILES string of the molecule is CCNC(=O)COc1ccc(NC(=O)c2n[nH]c(=O)c3ccccc23)cc1. The van der Waals surface area contributed by atoms with E-state index in [1.54, 1.807) is 48.5 Å². The van der Waals surface area contributed by atoms with Crippen molar-refractivity contribution in [1.82, 2.24) is 15.5 Å². The number of hydrogen-bond acceptors (Lipinski definition) is 5. The van der Waals surface area contributed by atoms with Crippen LogP contribution in [0.3, 0.4) is 0 Å². The molecule has 2 aromatic carbocycles. The molecule has 0 radical (unpaired) electrons. The van der Waals surface area contributed by atoms with Crippen molar-refractivity contribution in [2.75, 3.05) is 18.5 Å². The maximum atomic E-state index is 12.5. The van der Waals surface area contributed by atoms with Crippen molar-refractivity contribution in [1.29, 1.82) is 0 Å². The number of rotatable bonds is 6. The topological polar surface area (TPSA) is 113 Å². The minimum Gasteiger partial charge on any atom is -0.484 e. The smallest absolute Gasteiger partial charge is 0.276 e. The fourth-order valence-electron chi connectivity index (χ4n) is 2.51. The van der Waals surface area contributed by atoms with E-state index < -0.39 is 5.91 Å². The maximum Gasteiger partial charge on any atom is 0.276 e. The van der Waals surface area contributed by atoms with Crippen molar-refractivity contribution in [2.45, 2.75) is 6.92 Å². The van der Waals surface area contributed by atoms with Gasteiger partial charge in [0.1, 0.15) is 5.75 Å². The molecule has 8 nitrogen and oxygen atoms in total. The molecule has 138 valence electrons. The van der Waals surface area contributed by atoms with Gasteiger partial charge in [-0.05, 0) is 37.3 Å². The molecule has 3 N–H and O–H groups in total. The number of benzene rings is 2. The van der Waals surface area contributed by atoms with Gasteiger partial charge in [0.15, 0.2) is 12.3 Å². The molecule has 1 heterocycles. The second-order valence-corrected chi connectivity index (χ2v) is 5.67. The van der Waals surface area contributed by atoms with Crippen LogP contribution < -0.4 is 20.9 Å². The summed E-state index contributed by atoms with van der Waals surface area (Å²) in [7, 11) is 0. The van der Waals surface area contributed by atoms with Gasteiger partial charge in [0.25, 0.3) is 17.4 Å². The number of anilines is 1. The molecule has 3 aromatic rings. The molecule has 0 aliphatic rings. The van der Waals surface area contributed by atoms with Crippen molar-refractivity contribution >= 4 is 28.3 Å². The fraction of sp³-hybridized carbons (Fsp3) is 0.158. The molecule has 2 amide bonds. The maximum absolute atomic E-state index is 12.5. The number of carbonyl (C=O) groups is 2. The lowest BCUT2D eigenvalue weighted by atomic mass is 10.1. The average Bonchev–Trinajstić information content (AvgIpc) is 2.68. The Morgan fingerprint density at radius 2 is 1.78 bits per heavy atom. The molecule has 8 heteroatoms. The number of nitrogens with one attached hydrogen (secondary N) is 3. The summed E-state index contributed by atoms with van der Waals surface area (Å²) in [5, 5.41) is 12.4. The van der Waals surface area contributed by atoms with Gasteiger partial charge in [-0.15, -0.1) is 0 Å². The lowest BCUT2D eigenvalue weighted by molar-refractivity contribution is -0.122. The summed E-state index contributed by atoms with van der Waals surface area (Å²) >= 11 is 0. The predicted molar refractivity (Wildman–Crippen MR) is 101 cm³/mol. The van der Waals surface area contributed by atoms with E-state index in [0.717, 1.165) is 0 Å². The zero-order valence-electron chi connectivity index (χ0n) is 14.6. The van der Waals surface area contributed by atoms with Gasteiger partial charge in [0, 0.05) is 17.6 Å². The van der Waals surface area contributed by atoms with Gasteiger partial charge in [-0.1, -0.05) is 18.2 Å². The number of aromatic nitrogens is 2. The van der Waals surface area contributed by atoms with E-state index in [0.29, 0.717) is 28.8 Å². The van der Waals surface area contributed by atoms with Crippen LogP contribution in [0.25, 0.3) is 10.8 Å². The number of amides is 2. The van der Waals surface area contributed by atoms with E-state index in [2.05, 4.69) is 20.8 Å². The van der Waals surface area contributed by atoms with Crippen molar-refractivity contribution in [3.63, 3.8) is 0 Å². The van der Waals surface area contributed by atoms with Crippen molar-refractivity contribution in [3.8, 4) is 5.75 Å². The molecule has 0 aliphatic heterocycles. The summed E-state index contributed by atoms with van der Waals surface area (Å²) in [6.07, 6.45) is 0. The first-order valence-corrected chi connectivity index (χ1v) is 8.37. The Hall–Kier alpha value is -3.68. The number of ether oxygens (including phenoxy) is 1. The predicted octanol–water partition coefficient (Wildman–Crippen LogP) is 1.69. The van der Waals surface area contributed by atoms with E-state index >= 15 is 0 Å². The standard InChI is InChI=1S/C19H18N4O4/c1-2-20-16(24)11-27-13-9-7-12(8-10-13)21-19(26)17-14-5-3-4-6-15(14)18(25)23-22-17/h3-10H,2,11H2,1H3,(H,20,24)(H,21,26)(H,23,25). The molecule has 0 aliphatic carbocycles. The van der Waals surface area contributed by atoms with Gasteiger partial charge in [-0.3, -0.25) is 14.4 Å². The number of hydrogen-bond donors (Lipinski definition) is 3. The highest BCUT2D eigenvalue weighted by Crippen LogP contribution is 2.18. The summed E-state index contributed by atoms with van der Waals surface area (Å²) in [5.74, 6) is -0.142. The summed E-state index contributed by atoms with van der Waals surface area (Å²) in [4.78, 5) is 35.7. The quantitative estimate of drug-likeness (QED) is 0.614. The van der Waals surface area contributed by atoms with Crippen LogP contribution in [-0.4, -0.2) is 35.2 Å². The Bertz CT molecular complexity index is 1030. The minimum atomic E-state index is -0.446. The highest BCUT2D eigenvalue weighted by molar-refractivity contribution is 6.11. The molecule has 0 atom stereocenters. The van der Waals surface area contributed by atoms with Crippen LogP contribution in [0.4, 0.5) is 5.69 Å². The van der Waals surface area contributed by atoms with Crippen LogP contribution in [0.2, 0.25) is 0 Å². The van der Waals surface area contributed by atoms with Crippen molar-refractivity contribution in [3.05, 3.63) is 64.6 Å². The molecular weight excluding hydrogens is 348 g/mol. The largest absolute Gasteiger partial charge is 0.484 e. The summed E-state index contributed by atoms with van der Waals surface area (Å²) in [5.41, 5.74) is 0.306. The Kier molecular flexibility index (Phi) is 5.46. The highest BCUT2D eigenvalue weighted by Gasteiger charge is 2.14. The molecule has 27 heavy (non-hydrogen) atoms. The third kappa shape index (κ3) is 4.30. The van der Waals surface area contributed by atoms with Gasteiger partial charge >= 0.3 is 0 Å². The number of likely N-dealkylation sites (N-methyl/N-ethyl adjacent to an activating group) is 1. The zero-order valence-corrected chi connectivity index (χ0v) is 14.6. The van der Waals surface area contributed by atoms with Crippen LogP contribution in [0, 0.1) is 0 Å². The summed E-state index contributed by atoms with van der Waals surface area (Å²) in [6, 6.07) is 13.4. The van der Waals surface area contributed by atoms with E-state index in [1.165, 1.54) is 0 Å². The molecule has 0 fully saturated rings. The van der Waals surface area contributed by atoms with Crippen LogP contribution in [-0.2, 0) is 4.79 Å². The Balaban J connectivity index is 1.71. The third-order valence-electron chi connectivity index (χ3n) is 3.77. The van der Waals surface area contributed by atoms with E-state index in [1.807, 2.05) is 6.92 Å². The van der Waals surface area contributed by atoms with E-state index in [4.69, 9.17) is 4.74 Å². The first-order chi connectivity index (χ1) is 13.1. The van der Waals surface area contributed by atoms with Gasteiger partial charge in [0.2, 0.25) is 0 Å². The Morgan fingerprint density at radius 3 is 2.48 bits per heavy atom. The monoisotopic (exact) mass is 366 g/mol. The van der Waals surface area contributed by atoms with Gasteiger partial charge in [-0.2, -0.15) is 5.10 Å². The van der Waals surface area contributed by atoms with Crippen LogP contribution in [0.15, 0.2) is 53.3 Å². The lowest BCUT2D eigenvalue weighted by Gasteiger charge is -2.09. The number of H-pyrrole nitrogens is 1. The van der Waals surface area contributed by atoms with Crippen molar-refractivity contribution < 1.29 is 14.3 Å². The number of aromatic amines is 1. The van der Waals surface area contributed by atoms with E-state index in [-0.39, 0.29) is 23.8 Å². The summed E-state index contributed by atoms with van der Waals surface area (Å²) in [6.45, 7) is 2.29. The highest BCUT2D eigenvalue weighted by atomic mass is 16.5. The van der Waals surface area contributed by atoms with E-state index in [9.17, 15) is 14.4 Å². The van der Waals surface area contributed by atoms with Gasteiger partial charge in [-0.25, -0.2) is 5.10 Å². The van der Waals surface area contributed by atoms with Gasteiger partial charge < -0.3 is 15.4 Å². The molecular formula is C19H18N4O4. The van der Waals surface area contributed by atoms with Crippen LogP contribution in [0.1, 0.15) is 17.4 Å². The molecule has 0 saturated carbocycles. The van der Waals surface area contributed by atoms with Crippen LogP contribution in [0.5, 0.6) is 5.75 Å². The third-order valence-corrected chi connectivity index (χ3v) is 3.77. The second kappa shape index (κ2) is 8.13. The van der Waals surface area contributed by atoms with Crippen molar-refractivity contribution in [2.24, 2.45) is 0 Å². The minimum absolute atomic E-state index is 0.0766. The molecule has 0 bridgehead atoms. The molecule has 0 spiro atoms. The number of nitrogens with zero attached hydrogens (tertiary/aromatic N) is 1. The fourth-order valence-corrected chi connectivity index (χ4v) is 2.51. The normalized spacial score (nSPS) is 10.4. The Morgan fingerprint density at radius 1 is 1.07 bits per heavy atom.